The highest BCUT2D eigenvalue weighted by atomic mass is 16.6. The third kappa shape index (κ3) is 5.37. The van der Waals surface area contributed by atoms with Crippen molar-refractivity contribution in [1.29, 1.82) is 0 Å². The number of nitro benzene ring substituents is 1. The third-order valence-electron chi connectivity index (χ3n) is 4.01. The minimum Gasteiger partial charge on any atom is -0.358 e. The highest BCUT2D eigenvalue weighted by molar-refractivity contribution is 6.07. The molecule has 0 fully saturated rings. The van der Waals surface area contributed by atoms with E-state index >= 15 is 0 Å². The lowest BCUT2D eigenvalue weighted by Crippen LogP contribution is -2.35. The van der Waals surface area contributed by atoms with Gasteiger partial charge in [-0.15, -0.1) is 0 Å². The summed E-state index contributed by atoms with van der Waals surface area (Å²) in [5.74, 6) is -0.322. The first kappa shape index (κ1) is 20.1. The summed E-state index contributed by atoms with van der Waals surface area (Å²) in [7, 11) is 0. The van der Waals surface area contributed by atoms with Gasteiger partial charge in [-0.2, -0.15) is 0 Å². The molecule has 0 atom stereocenters. The summed E-state index contributed by atoms with van der Waals surface area (Å²) in [5, 5.41) is 13.5. The largest absolute Gasteiger partial charge is 0.358 e. The predicted molar refractivity (Wildman–Crippen MR) is 108 cm³/mol. The Morgan fingerprint density at radius 2 is 1.67 bits per heavy atom. The molecule has 0 spiro atoms. The van der Waals surface area contributed by atoms with Crippen molar-refractivity contribution in [3.05, 3.63) is 64.2 Å². The molecule has 2 rings (SSSR count). The molecule has 0 aliphatic rings. The van der Waals surface area contributed by atoms with Gasteiger partial charge in [0.2, 0.25) is 0 Å². The molecule has 1 amide bonds. The maximum Gasteiger partial charge on any atom is 0.269 e. The van der Waals surface area contributed by atoms with Crippen molar-refractivity contribution >= 4 is 29.3 Å². The average molecular weight is 368 g/mol. The van der Waals surface area contributed by atoms with E-state index in [1.807, 2.05) is 6.07 Å². The van der Waals surface area contributed by atoms with E-state index in [9.17, 15) is 14.9 Å². The summed E-state index contributed by atoms with van der Waals surface area (Å²) in [6, 6.07) is 13.3. The average Bonchev–Trinajstić information content (AvgIpc) is 2.62. The minimum atomic E-state index is -0.481. The molecular formula is C20H24N4O3. The smallest absolute Gasteiger partial charge is 0.269 e. The van der Waals surface area contributed by atoms with Gasteiger partial charge in [0.05, 0.1) is 22.5 Å². The normalized spacial score (nSPS) is 11.2. The van der Waals surface area contributed by atoms with Crippen LogP contribution >= 0.6 is 0 Å². The molecule has 27 heavy (non-hydrogen) atoms. The van der Waals surface area contributed by atoms with E-state index in [-0.39, 0.29) is 23.7 Å². The zero-order chi connectivity index (χ0) is 20.0. The van der Waals surface area contributed by atoms with E-state index in [1.165, 1.54) is 24.3 Å². The second kappa shape index (κ2) is 8.93. The highest BCUT2D eigenvalue weighted by Crippen LogP contribution is 2.21. The Balaban J connectivity index is 2.21. The number of aliphatic imine (C=N–C) groups is 1. The van der Waals surface area contributed by atoms with Gasteiger partial charge >= 0.3 is 0 Å². The lowest BCUT2D eigenvalue weighted by atomic mass is 10.1. The van der Waals surface area contributed by atoms with Gasteiger partial charge in [-0.05, 0) is 52.0 Å². The second-order valence-corrected chi connectivity index (χ2v) is 6.65. The fourth-order valence-corrected chi connectivity index (χ4v) is 2.63. The van der Waals surface area contributed by atoms with Crippen LogP contribution in [0.15, 0.2) is 53.5 Å². The first-order chi connectivity index (χ1) is 12.8. The summed E-state index contributed by atoms with van der Waals surface area (Å²) in [5.41, 5.74) is 1.44. The number of rotatable bonds is 7. The number of amides is 1. The van der Waals surface area contributed by atoms with Gasteiger partial charge in [0, 0.05) is 29.9 Å². The van der Waals surface area contributed by atoms with Gasteiger partial charge in [-0.1, -0.05) is 12.1 Å². The molecule has 0 aromatic heterocycles. The van der Waals surface area contributed by atoms with Crippen molar-refractivity contribution in [3.63, 3.8) is 0 Å². The molecule has 0 aliphatic carbocycles. The number of carbonyl (C=O) groups is 1. The molecule has 2 aromatic carbocycles. The number of carbonyl (C=O) groups excluding carboxylic acids is 1. The van der Waals surface area contributed by atoms with Crippen molar-refractivity contribution in [2.24, 2.45) is 4.99 Å². The predicted octanol–water partition coefficient (Wildman–Crippen LogP) is 4.63. The van der Waals surface area contributed by atoms with E-state index in [4.69, 9.17) is 0 Å². The van der Waals surface area contributed by atoms with Crippen LogP contribution in [-0.4, -0.2) is 34.2 Å². The first-order valence-corrected chi connectivity index (χ1v) is 8.76. The van der Waals surface area contributed by atoms with E-state index in [1.54, 1.807) is 24.5 Å². The van der Waals surface area contributed by atoms with Crippen LogP contribution in [0.2, 0.25) is 0 Å². The molecule has 7 nitrogen and oxygen atoms in total. The van der Waals surface area contributed by atoms with E-state index in [0.717, 1.165) is 0 Å². The van der Waals surface area contributed by atoms with Crippen LogP contribution < -0.4 is 5.32 Å². The molecule has 1 N–H and O–H groups in total. The topological polar surface area (TPSA) is 87.8 Å². The summed E-state index contributed by atoms with van der Waals surface area (Å²) < 4.78 is 0. The molecule has 0 radical (unpaired) electrons. The van der Waals surface area contributed by atoms with E-state index < -0.39 is 4.92 Å². The van der Waals surface area contributed by atoms with E-state index in [2.05, 4.69) is 42.9 Å². The zero-order valence-electron chi connectivity index (χ0n) is 15.9. The standard InChI is InChI=1S/C20H24N4O3/c1-14(2)23(15(3)4)13-21-19-8-6-5-7-18(19)20(25)22-16-9-11-17(12-10-16)24(26)27/h5-15H,1-4H3,(H,22,25). The van der Waals surface area contributed by atoms with Crippen molar-refractivity contribution in [2.45, 2.75) is 39.8 Å². The molecule has 0 heterocycles. The Morgan fingerprint density at radius 3 is 2.22 bits per heavy atom. The number of anilines is 1. The van der Waals surface area contributed by atoms with Crippen molar-refractivity contribution in [3.8, 4) is 0 Å². The van der Waals surface area contributed by atoms with Crippen molar-refractivity contribution in [1.82, 2.24) is 4.90 Å². The third-order valence-corrected chi connectivity index (χ3v) is 4.01. The van der Waals surface area contributed by atoms with Gasteiger partial charge in [-0.3, -0.25) is 14.9 Å². The monoisotopic (exact) mass is 368 g/mol. The molecule has 142 valence electrons. The molecule has 0 saturated heterocycles. The Labute approximate surface area is 158 Å². The second-order valence-electron chi connectivity index (χ2n) is 6.65. The maximum absolute atomic E-state index is 12.6. The molecular weight excluding hydrogens is 344 g/mol. The number of nitrogens with one attached hydrogen (secondary N) is 1. The summed E-state index contributed by atoms with van der Waals surface area (Å²) >= 11 is 0. The molecule has 0 unspecified atom stereocenters. The zero-order valence-corrected chi connectivity index (χ0v) is 15.9. The number of hydrogen-bond donors (Lipinski definition) is 1. The number of para-hydroxylation sites is 1. The molecule has 0 saturated carbocycles. The van der Waals surface area contributed by atoms with Gasteiger partial charge in [0.15, 0.2) is 0 Å². The van der Waals surface area contributed by atoms with Crippen molar-refractivity contribution in [2.75, 3.05) is 5.32 Å². The van der Waals surface area contributed by atoms with Gasteiger partial charge in [0.1, 0.15) is 0 Å². The quantitative estimate of drug-likeness (QED) is 0.334. The Kier molecular flexibility index (Phi) is 6.65. The van der Waals surface area contributed by atoms with Crippen LogP contribution in [-0.2, 0) is 0 Å². The molecule has 2 aromatic rings. The van der Waals surface area contributed by atoms with Crippen LogP contribution in [0.25, 0.3) is 0 Å². The number of benzene rings is 2. The number of non-ortho nitro benzene ring substituents is 1. The SMILES string of the molecule is CC(C)N(C=Nc1ccccc1C(=O)Nc1ccc([N+](=O)[O-])cc1)C(C)C. The number of hydrogen-bond acceptors (Lipinski definition) is 4. The minimum absolute atomic E-state index is 0.0274. The number of nitro groups is 1. The fourth-order valence-electron chi connectivity index (χ4n) is 2.63. The lowest BCUT2D eigenvalue weighted by Gasteiger charge is -2.28. The maximum atomic E-state index is 12.6. The summed E-state index contributed by atoms with van der Waals surface area (Å²) in [6.07, 6.45) is 1.76. The van der Waals surface area contributed by atoms with E-state index in [0.29, 0.717) is 16.9 Å². The van der Waals surface area contributed by atoms with Crippen LogP contribution in [0.3, 0.4) is 0 Å². The molecule has 0 aliphatic heterocycles. The lowest BCUT2D eigenvalue weighted by molar-refractivity contribution is -0.384. The van der Waals surface area contributed by atoms with Crippen LogP contribution in [0.5, 0.6) is 0 Å². The summed E-state index contributed by atoms with van der Waals surface area (Å²) in [6.45, 7) is 8.33. The molecule has 7 heteroatoms. The fraction of sp³-hybridized carbons (Fsp3) is 0.300. The Bertz CT molecular complexity index is 821. The highest BCUT2D eigenvalue weighted by Gasteiger charge is 2.13. The van der Waals surface area contributed by atoms with Gasteiger partial charge in [0.25, 0.3) is 11.6 Å². The van der Waals surface area contributed by atoms with Gasteiger partial charge in [-0.25, -0.2) is 4.99 Å². The first-order valence-electron chi connectivity index (χ1n) is 8.76. The molecule has 0 bridgehead atoms. The van der Waals surface area contributed by atoms with Gasteiger partial charge < -0.3 is 10.2 Å². The Hall–Kier alpha value is -3.22. The van der Waals surface area contributed by atoms with Crippen LogP contribution in [0.4, 0.5) is 17.1 Å². The summed E-state index contributed by atoms with van der Waals surface area (Å²) in [4.78, 5) is 29.5. The number of nitrogens with zero attached hydrogens (tertiary/aromatic N) is 3. The Morgan fingerprint density at radius 1 is 1.07 bits per heavy atom. The van der Waals surface area contributed by atoms with Crippen LogP contribution in [0.1, 0.15) is 38.1 Å². The van der Waals surface area contributed by atoms with Crippen LogP contribution in [0, 0.1) is 10.1 Å². The van der Waals surface area contributed by atoms with Crippen molar-refractivity contribution < 1.29 is 9.72 Å².